The Hall–Kier alpha value is -1.21. The van der Waals surface area contributed by atoms with E-state index in [0.717, 1.165) is 11.4 Å². The lowest BCUT2D eigenvalue weighted by molar-refractivity contribution is -0.138. The normalized spacial score (nSPS) is 19.9. The van der Waals surface area contributed by atoms with Crippen molar-refractivity contribution in [1.82, 2.24) is 0 Å². The summed E-state index contributed by atoms with van der Waals surface area (Å²) in [5.74, 6) is 0.635. The maximum atomic E-state index is 11.8. The number of carbonyl (C=O) groups is 1. The van der Waals surface area contributed by atoms with Crippen LogP contribution in [0, 0.1) is 0 Å². The minimum absolute atomic E-state index is 0.0600. The first-order chi connectivity index (χ1) is 9.45. The van der Waals surface area contributed by atoms with Gasteiger partial charge in [0.15, 0.2) is 9.84 Å². The Morgan fingerprint density at radius 3 is 2.60 bits per heavy atom. The molecule has 110 valence electrons. The van der Waals surface area contributed by atoms with E-state index in [0.29, 0.717) is 12.3 Å². The molecule has 1 aliphatic rings. The smallest absolute Gasteiger partial charge is 0.327 e. The highest BCUT2D eigenvalue weighted by Crippen LogP contribution is 2.25. The zero-order valence-corrected chi connectivity index (χ0v) is 12.8. The van der Waals surface area contributed by atoms with Gasteiger partial charge in [0.05, 0.1) is 10.6 Å². The zero-order chi connectivity index (χ0) is 14.8. The van der Waals surface area contributed by atoms with Crippen LogP contribution < -0.4 is 4.90 Å². The fourth-order valence-electron chi connectivity index (χ4n) is 2.13. The monoisotopic (exact) mass is 315 g/mol. The largest absolute Gasteiger partial charge is 0.480 e. The molecule has 5 nitrogen and oxygen atoms in total. The molecule has 0 aliphatic carbocycles. The molecule has 1 aromatic rings. The summed E-state index contributed by atoms with van der Waals surface area (Å²) < 4.78 is 23.5. The molecule has 0 aromatic heterocycles. The summed E-state index contributed by atoms with van der Waals surface area (Å²) in [5.41, 5.74) is 0.757. The number of nitrogens with zero attached hydrogens (tertiary/aromatic N) is 1. The molecule has 1 aromatic carbocycles. The molecule has 0 bridgehead atoms. The van der Waals surface area contributed by atoms with Gasteiger partial charge in [0.2, 0.25) is 0 Å². The van der Waals surface area contributed by atoms with Crippen LogP contribution in [0.15, 0.2) is 29.2 Å². The highest BCUT2D eigenvalue weighted by atomic mass is 32.2. The molecule has 1 N–H and O–H groups in total. The van der Waals surface area contributed by atoms with E-state index in [1.807, 2.05) is 4.90 Å². The van der Waals surface area contributed by atoms with Crippen molar-refractivity contribution >= 4 is 33.3 Å². The van der Waals surface area contributed by atoms with Crippen LogP contribution in [0.1, 0.15) is 6.92 Å². The van der Waals surface area contributed by atoms with Gasteiger partial charge in [0, 0.05) is 23.7 Å². The highest BCUT2D eigenvalue weighted by Gasteiger charge is 2.29. The van der Waals surface area contributed by atoms with Crippen LogP contribution in [0.5, 0.6) is 0 Å². The van der Waals surface area contributed by atoms with Gasteiger partial charge in [-0.25, -0.2) is 13.2 Å². The maximum Gasteiger partial charge on any atom is 0.327 e. The fraction of sp³-hybridized carbons (Fsp3) is 0.462. The maximum absolute atomic E-state index is 11.8. The number of benzene rings is 1. The van der Waals surface area contributed by atoms with E-state index >= 15 is 0 Å². The van der Waals surface area contributed by atoms with Gasteiger partial charge in [-0.2, -0.15) is 11.8 Å². The summed E-state index contributed by atoms with van der Waals surface area (Å²) in [6, 6.07) is 5.93. The molecule has 0 saturated carbocycles. The van der Waals surface area contributed by atoms with E-state index in [9.17, 15) is 18.3 Å². The van der Waals surface area contributed by atoms with Crippen LogP contribution in [-0.2, 0) is 14.6 Å². The first-order valence-corrected chi connectivity index (χ1v) is 9.16. The van der Waals surface area contributed by atoms with E-state index in [2.05, 4.69) is 0 Å². The average molecular weight is 315 g/mol. The second-order valence-electron chi connectivity index (χ2n) is 4.52. The molecule has 0 radical (unpaired) electrons. The Balaban J connectivity index is 2.27. The van der Waals surface area contributed by atoms with Crippen molar-refractivity contribution in [2.75, 3.05) is 28.7 Å². The lowest BCUT2D eigenvalue weighted by Gasteiger charge is -2.34. The van der Waals surface area contributed by atoms with Crippen molar-refractivity contribution < 1.29 is 18.3 Å². The molecule has 20 heavy (non-hydrogen) atoms. The van der Waals surface area contributed by atoms with Gasteiger partial charge in [-0.3, -0.25) is 0 Å². The number of hydrogen-bond donors (Lipinski definition) is 1. The zero-order valence-electron chi connectivity index (χ0n) is 11.2. The Bertz CT molecular complexity index is 583. The second-order valence-corrected chi connectivity index (χ2v) is 7.95. The first-order valence-electron chi connectivity index (χ1n) is 6.35. The van der Waals surface area contributed by atoms with E-state index in [1.165, 1.54) is 0 Å². The van der Waals surface area contributed by atoms with Crippen LogP contribution in [0.3, 0.4) is 0 Å². The second kappa shape index (κ2) is 6.05. The fourth-order valence-corrected chi connectivity index (χ4v) is 4.05. The number of aliphatic carboxylic acids is 1. The van der Waals surface area contributed by atoms with Crippen molar-refractivity contribution in [3.05, 3.63) is 24.3 Å². The summed E-state index contributed by atoms with van der Waals surface area (Å²) >= 11 is 1.62. The molecule has 1 atom stereocenters. The minimum Gasteiger partial charge on any atom is -0.480 e. The van der Waals surface area contributed by atoms with Gasteiger partial charge in [-0.05, 0) is 24.3 Å². The van der Waals surface area contributed by atoms with Gasteiger partial charge < -0.3 is 10.0 Å². The minimum atomic E-state index is -3.21. The number of thioether (sulfide) groups is 1. The number of carboxylic acid groups (broad SMARTS) is 1. The molecular formula is C13H17NO4S2. The molecule has 7 heteroatoms. The van der Waals surface area contributed by atoms with Crippen molar-refractivity contribution in [1.29, 1.82) is 0 Å². The molecule has 1 saturated heterocycles. The Labute approximate surface area is 122 Å². The lowest BCUT2D eigenvalue weighted by Crippen LogP contribution is -2.47. The number of hydrogen-bond acceptors (Lipinski definition) is 5. The lowest BCUT2D eigenvalue weighted by atomic mass is 10.2. The van der Waals surface area contributed by atoms with Crippen LogP contribution in [-0.4, -0.2) is 49.3 Å². The van der Waals surface area contributed by atoms with Gasteiger partial charge in [0.1, 0.15) is 6.04 Å². The third kappa shape index (κ3) is 3.09. The molecule has 1 heterocycles. The van der Waals surface area contributed by atoms with Gasteiger partial charge in [-0.15, -0.1) is 0 Å². The Kier molecular flexibility index (Phi) is 4.59. The summed E-state index contributed by atoms with van der Waals surface area (Å²) in [5, 5.41) is 9.24. The predicted molar refractivity (Wildman–Crippen MR) is 80.3 cm³/mol. The van der Waals surface area contributed by atoms with E-state index in [1.54, 1.807) is 43.0 Å². The number of rotatable bonds is 4. The van der Waals surface area contributed by atoms with Gasteiger partial charge in [-0.1, -0.05) is 6.92 Å². The van der Waals surface area contributed by atoms with Gasteiger partial charge >= 0.3 is 5.97 Å². The number of carboxylic acids is 1. The quantitative estimate of drug-likeness (QED) is 0.907. The van der Waals surface area contributed by atoms with Crippen molar-refractivity contribution in [3.8, 4) is 0 Å². The number of anilines is 1. The standard InChI is InChI=1S/C13H17NO4S2/c1-2-20(17,18)11-5-3-10(4-6-11)14-7-8-19-9-12(14)13(15)16/h3-6,12H,2,7-9H2,1H3,(H,15,16). The van der Waals surface area contributed by atoms with Crippen molar-refractivity contribution in [2.24, 2.45) is 0 Å². The van der Waals surface area contributed by atoms with E-state index < -0.39 is 21.8 Å². The van der Waals surface area contributed by atoms with Crippen LogP contribution >= 0.6 is 11.8 Å². The van der Waals surface area contributed by atoms with Crippen LogP contribution in [0.4, 0.5) is 5.69 Å². The SMILES string of the molecule is CCS(=O)(=O)c1ccc(N2CCSCC2C(=O)O)cc1. The molecule has 0 amide bonds. The number of sulfone groups is 1. The summed E-state index contributed by atoms with van der Waals surface area (Å²) in [6.07, 6.45) is 0. The van der Waals surface area contributed by atoms with Crippen molar-refractivity contribution in [3.63, 3.8) is 0 Å². The molecule has 0 spiro atoms. The summed E-state index contributed by atoms with van der Waals surface area (Å²) in [6.45, 7) is 2.26. The molecule has 1 unspecified atom stereocenters. The van der Waals surface area contributed by atoms with E-state index in [4.69, 9.17) is 0 Å². The predicted octanol–water partition coefficient (Wildman–Crippen LogP) is 1.49. The molecule has 1 aliphatic heterocycles. The summed E-state index contributed by atoms with van der Waals surface area (Å²) in [7, 11) is -3.21. The molecule has 1 fully saturated rings. The first kappa shape index (κ1) is 15.2. The topological polar surface area (TPSA) is 74.7 Å². The highest BCUT2D eigenvalue weighted by molar-refractivity contribution is 7.99. The average Bonchev–Trinajstić information content (AvgIpc) is 2.47. The van der Waals surface area contributed by atoms with Crippen molar-refractivity contribution in [2.45, 2.75) is 17.9 Å². The third-order valence-corrected chi connectivity index (χ3v) is 6.09. The molecular weight excluding hydrogens is 298 g/mol. The van der Waals surface area contributed by atoms with Crippen LogP contribution in [0.2, 0.25) is 0 Å². The Morgan fingerprint density at radius 1 is 1.40 bits per heavy atom. The summed E-state index contributed by atoms with van der Waals surface area (Å²) in [4.78, 5) is 13.4. The third-order valence-electron chi connectivity index (χ3n) is 3.32. The van der Waals surface area contributed by atoms with E-state index in [-0.39, 0.29) is 10.6 Å². The Morgan fingerprint density at radius 2 is 2.05 bits per heavy atom. The van der Waals surface area contributed by atoms with Gasteiger partial charge in [0.25, 0.3) is 0 Å². The van der Waals surface area contributed by atoms with Crippen LogP contribution in [0.25, 0.3) is 0 Å². The molecule has 2 rings (SSSR count).